The molecule has 1 saturated heterocycles. The lowest BCUT2D eigenvalue weighted by atomic mass is 9.96. The normalized spacial score (nSPS) is 23.7. The SMILES string of the molecule is CC(C)(C#N)CNC(=O)C1CCCCS1(=O)=O. The number of nitriles is 1. The van der Waals surface area contributed by atoms with Crippen LogP contribution in [0, 0.1) is 16.7 Å². The Morgan fingerprint density at radius 1 is 1.47 bits per heavy atom. The van der Waals surface area contributed by atoms with Crippen molar-refractivity contribution in [2.24, 2.45) is 5.41 Å². The summed E-state index contributed by atoms with van der Waals surface area (Å²) in [5, 5.41) is 10.4. The lowest BCUT2D eigenvalue weighted by molar-refractivity contribution is -0.121. The molecule has 0 aromatic rings. The zero-order chi connectivity index (χ0) is 13.1. The van der Waals surface area contributed by atoms with Crippen LogP contribution in [-0.4, -0.2) is 31.9 Å². The first-order valence-electron chi connectivity index (χ1n) is 5.69. The number of nitrogens with zero attached hydrogens (tertiary/aromatic N) is 1. The molecule has 0 aromatic carbocycles. The largest absolute Gasteiger partial charge is 0.353 e. The standard InChI is InChI=1S/C11H18N2O3S/c1-11(2,7-12)8-13-10(14)9-5-3-4-6-17(9,15)16/h9H,3-6,8H2,1-2H3,(H,13,14). The second kappa shape index (κ2) is 5.05. The predicted molar refractivity (Wildman–Crippen MR) is 63.8 cm³/mol. The molecule has 0 aliphatic carbocycles. The van der Waals surface area contributed by atoms with Gasteiger partial charge in [0.15, 0.2) is 9.84 Å². The summed E-state index contributed by atoms with van der Waals surface area (Å²) in [5.41, 5.74) is -0.673. The number of carbonyl (C=O) groups is 1. The third-order valence-electron chi connectivity index (χ3n) is 2.88. The van der Waals surface area contributed by atoms with E-state index < -0.39 is 26.4 Å². The van der Waals surface area contributed by atoms with E-state index in [1.54, 1.807) is 13.8 Å². The summed E-state index contributed by atoms with van der Waals surface area (Å²) in [6.45, 7) is 3.57. The summed E-state index contributed by atoms with van der Waals surface area (Å²) in [6, 6.07) is 2.06. The molecule has 1 amide bonds. The fourth-order valence-corrected chi connectivity index (χ4v) is 3.54. The summed E-state index contributed by atoms with van der Waals surface area (Å²) in [7, 11) is -3.29. The number of carbonyl (C=O) groups excluding carboxylic acids is 1. The van der Waals surface area contributed by atoms with Crippen LogP contribution in [-0.2, 0) is 14.6 Å². The number of sulfone groups is 1. The second-order valence-electron chi connectivity index (χ2n) is 5.06. The van der Waals surface area contributed by atoms with Gasteiger partial charge < -0.3 is 5.32 Å². The van der Waals surface area contributed by atoms with Crippen molar-refractivity contribution in [1.82, 2.24) is 5.32 Å². The lowest BCUT2D eigenvalue weighted by Crippen LogP contribution is -2.45. The Bertz CT molecular complexity index is 434. The molecule has 0 bridgehead atoms. The number of rotatable bonds is 3. The van der Waals surface area contributed by atoms with E-state index in [-0.39, 0.29) is 12.3 Å². The maximum atomic E-state index is 11.8. The van der Waals surface area contributed by atoms with Crippen molar-refractivity contribution < 1.29 is 13.2 Å². The molecule has 1 heterocycles. The summed E-state index contributed by atoms with van der Waals surface area (Å²) >= 11 is 0. The third kappa shape index (κ3) is 3.70. The van der Waals surface area contributed by atoms with E-state index >= 15 is 0 Å². The first-order valence-corrected chi connectivity index (χ1v) is 7.40. The first kappa shape index (κ1) is 14.0. The van der Waals surface area contributed by atoms with E-state index in [2.05, 4.69) is 11.4 Å². The van der Waals surface area contributed by atoms with Crippen LogP contribution in [0.3, 0.4) is 0 Å². The molecule has 1 atom stereocenters. The smallest absolute Gasteiger partial charge is 0.238 e. The summed E-state index contributed by atoms with van der Waals surface area (Å²) in [6.07, 6.45) is 1.79. The van der Waals surface area contributed by atoms with Gasteiger partial charge in [0.25, 0.3) is 0 Å². The van der Waals surface area contributed by atoms with Crippen LogP contribution < -0.4 is 5.32 Å². The van der Waals surface area contributed by atoms with Gasteiger partial charge in [-0.05, 0) is 26.7 Å². The minimum atomic E-state index is -3.29. The Morgan fingerprint density at radius 3 is 2.65 bits per heavy atom. The average molecular weight is 258 g/mol. The molecule has 1 fully saturated rings. The molecule has 1 unspecified atom stereocenters. The van der Waals surface area contributed by atoms with Crippen LogP contribution in [0.1, 0.15) is 33.1 Å². The van der Waals surface area contributed by atoms with E-state index in [1.807, 2.05) is 0 Å². The van der Waals surface area contributed by atoms with Crippen LogP contribution in [0.25, 0.3) is 0 Å². The Morgan fingerprint density at radius 2 is 2.12 bits per heavy atom. The molecule has 0 saturated carbocycles. The topological polar surface area (TPSA) is 87.0 Å². The first-order chi connectivity index (χ1) is 7.78. The van der Waals surface area contributed by atoms with Crippen molar-refractivity contribution >= 4 is 15.7 Å². The number of amides is 1. The van der Waals surface area contributed by atoms with Crippen LogP contribution >= 0.6 is 0 Å². The van der Waals surface area contributed by atoms with Crippen molar-refractivity contribution in [3.8, 4) is 6.07 Å². The summed E-state index contributed by atoms with van der Waals surface area (Å²) < 4.78 is 23.4. The van der Waals surface area contributed by atoms with E-state index in [1.165, 1.54) is 0 Å². The highest BCUT2D eigenvalue weighted by Crippen LogP contribution is 2.20. The molecule has 96 valence electrons. The van der Waals surface area contributed by atoms with Crippen molar-refractivity contribution in [3.05, 3.63) is 0 Å². The van der Waals surface area contributed by atoms with Gasteiger partial charge in [-0.3, -0.25) is 4.79 Å². The number of hydrogen-bond donors (Lipinski definition) is 1. The summed E-state index contributed by atoms with van der Waals surface area (Å²) in [4.78, 5) is 11.8. The molecule has 1 aliphatic rings. The maximum absolute atomic E-state index is 11.8. The lowest BCUT2D eigenvalue weighted by Gasteiger charge is -2.23. The van der Waals surface area contributed by atoms with E-state index in [0.717, 1.165) is 6.42 Å². The van der Waals surface area contributed by atoms with Crippen molar-refractivity contribution in [2.75, 3.05) is 12.3 Å². The van der Waals surface area contributed by atoms with Gasteiger partial charge in [-0.15, -0.1) is 0 Å². The zero-order valence-corrected chi connectivity index (χ0v) is 11.0. The highest BCUT2D eigenvalue weighted by atomic mass is 32.2. The number of nitrogens with one attached hydrogen (secondary N) is 1. The zero-order valence-electron chi connectivity index (χ0n) is 10.2. The fraction of sp³-hybridized carbons (Fsp3) is 0.818. The molecular weight excluding hydrogens is 240 g/mol. The van der Waals surface area contributed by atoms with E-state index in [4.69, 9.17) is 5.26 Å². The molecule has 1 aliphatic heterocycles. The highest BCUT2D eigenvalue weighted by molar-refractivity contribution is 7.92. The van der Waals surface area contributed by atoms with Crippen molar-refractivity contribution in [1.29, 1.82) is 5.26 Å². The molecule has 6 heteroatoms. The van der Waals surface area contributed by atoms with Crippen LogP contribution in [0.5, 0.6) is 0 Å². The molecule has 0 spiro atoms. The van der Waals surface area contributed by atoms with Gasteiger partial charge in [0, 0.05) is 6.54 Å². The molecular formula is C11H18N2O3S. The average Bonchev–Trinajstić information content (AvgIpc) is 2.25. The quantitative estimate of drug-likeness (QED) is 0.804. The molecule has 1 N–H and O–H groups in total. The second-order valence-corrected chi connectivity index (χ2v) is 7.37. The molecule has 5 nitrogen and oxygen atoms in total. The van der Waals surface area contributed by atoms with Crippen molar-refractivity contribution in [3.63, 3.8) is 0 Å². The molecule has 17 heavy (non-hydrogen) atoms. The van der Waals surface area contributed by atoms with Gasteiger partial charge in [0.1, 0.15) is 5.25 Å². The Hall–Kier alpha value is -1.09. The minimum absolute atomic E-state index is 0.0900. The maximum Gasteiger partial charge on any atom is 0.238 e. The molecule has 1 rings (SSSR count). The minimum Gasteiger partial charge on any atom is -0.353 e. The van der Waals surface area contributed by atoms with Gasteiger partial charge in [-0.1, -0.05) is 6.42 Å². The van der Waals surface area contributed by atoms with Crippen molar-refractivity contribution in [2.45, 2.75) is 38.4 Å². The number of hydrogen-bond acceptors (Lipinski definition) is 4. The van der Waals surface area contributed by atoms with Gasteiger partial charge in [-0.25, -0.2) is 8.42 Å². The Kier molecular flexibility index (Phi) is 4.15. The van der Waals surface area contributed by atoms with Crippen LogP contribution in [0.2, 0.25) is 0 Å². The molecule has 0 radical (unpaired) electrons. The van der Waals surface area contributed by atoms with Crippen LogP contribution in [0.4, 0.5) is 0 Å². The Labute approximate surface area is 102 Å². The Balaban J connectivity index is 2.62. The van der Waals surface area contributed by atoms with E-state index in [9.17, 15) is 13.2 Å². The van der Waals surface area contributed by atoms with Crippen LogP contribution in [0.15, 0.2) is 0 Å². The highest BCUT2D eigenvalue weighted by Gasteiger charge is 2.35. The summed E-state index contributed by atoms with van der Waals surface area (Å²) in [5.74, 6) is -0.375. The van der Waals surface area contributed by atoms with Gasteiger partial charge in [-0.2, -0.15) is 5.26 Å². The van der Waals surface area contributed by atoms with Gasteiger partial charge in [0.2, 0.25) is 5.91 Å². The monoisotopic (exact) mass is 258 g/mol. The van der Waals surface area contributed by atoms with Gasteiger partial charge in [0.05, 0.1) is 17.2 Å². The van der Waals surface area contributed by atoms with Gasteiger partial charge >= 0.3 is 0 Å². The third-order valence-corrected chi connectivity index (χ3v) is 5.05. The van der Waals surface area contributed by atoms with E-state index in [0.29, 0.717) is 12.8 Å². The molecule has 0 aromatic heterocycles. The predicted octanol–water partition coefficient (Wildman–Crippen LogP) is 0.620. The fourth-order valence-electron chi connectivity index (χ4n) is 1.71.